The molecule has 0 aliphatic heterocycles. The predicted molar refractivity (Wildman–Crippen MR) is 185 cm³/mol. The van der Waals surface area contributed by atoms with E-state index in [0.717, 1.165) is 32.1 Å². The molecule has 0 fully saturated rings. The minimum absolute atomic E-state index is 0.0308. The third kappa shape index (κ3) is 34.6. The first-order chi connectivity index (χ1) is 21.6. The summed E-state index contributed by atoms with van der Waals surface area (Å²) in [6, 6.07) is 0. The van der Waals surface area contributed by atoms with Crippen molar-refractivity contribution in [2.45, 2.75) is 174 Å². The molecule has 0 bridgehead atoms. The second-order valence-corrected chi connectivity index (χ2v) is 15.4. The van der Waals surface area contributed by atoms with Gasteiger partial charge in [0.2, 0.25) is 0 Å². The summed E-state index contributed by atoms with van der Waals surface area (Å²) in [6.07, 6.45) is 28.2. The SMILES string of the molecule is CCCCCCCCCCCCCCCOCC(COP(=O)([O-])OCC[N+](C)(C)C)OC(=O)CCCCCCCCCCCC. The first-order valence-corrected chi connectivity index (χ1v) is 20.2. The van der Waals surface area contributed by atoms with Crippen molar-refractivity contribution in [3.63, 3.8) is 0 Å². The van der Waals surface area contributed by atoms with Crippen molar-refractivity contribution in [1.29, 1.82) is 0 Å². The Morgan fingerprint density at radius 1 is 0.600 bits per heavy atom. The Kier molecular flexibility index (Phi) is 30.5. The predicted octanol–water partition coefficient (Wildman–Crippen LogP) is 9.52. The van der Waals surface area contributed by atoms with Crippen molar-refractivity contribution >= 4 is 13.8 Å². The van der Waals surface area contributed by atoms with Crippen LogP contribution in [-0.4, -0.2) is 70.7 Å². The van der Waals surface area contributed by atoms with Crippen molar-refractivity contribution in [1.82, 2.24) is 0 Å². The van der Waals surface area contributed by atoms with Crippen molar-refractivity contribution in [3.8, 4) is 0 Å². The molecule has 0 aromatic heterocycles. The van der Waals surface area contributed by atoms with Crippen LogP contribution in [0.2, 0.25) is 0 Å². The van der Waals surface area contributed by atoms with Crippen LogP contribution in [-0.2, 0) is 27.9 Å². The van der Waals surface area contributed by atoms with Crippen LogP contribution in [0.25, 0.3) is 0 Å². The number of rotatable bonds is 35. The number of unbranched alkanes of at least 4 members (excludes halogenated alkanes) is 21. The highest BCUT2D eigenvalue weighted by Gasteiger charge is 2.20. The van der Waals surface area contributed by atoms with Gasteiger partial charge in [0.05, 0.1) is 34.4 Å². The van der Waals surface area contributed by atoms with E-state index in [1.807, 2.05) is 21.1 Å². The van der Waals surface area contributed by atoms with Crippen molar-refractivity contribution in [2.24, 2.45) is 0 Å². The lowest BCUT2D eigenvalue weighted by molar-refractivity contribution is -0.870. The average Bonchev–Trinajstić information content (AvgIpc) is 2.98. The van der Waals surface area contributed by atoms with Gasteiger partial charge < -0.3 is 27.9 Å². The lowest BCUT2D eigenvalue weighted by atomic mass is 10.0. The number of phosphoric acid groups is 1. The van der Waals surface area contributed by atoms with Crippen molar-refractivity contribution in [2.75, 3.05) is 54.1 Å². The molecular weight excluding hydrogens is 589 g/mol. The Labute approximate surface area is 278 Å². The fraction of sp³-hybridized carbons (Fsp3) is 0.972. The van der Waals surface area contributed by atoms with E-state index in [9.17, 15) is 14.3 Å². The van der Waals surface area contributed by atoms with Gasteiger partial charge in [-0.1, -0.05) is 149 Å². The molecule has 0 aliphatic carbocycles. The summed E-state index contributed by atoms with van der Waals surface area (Å²) in [4.78, 5) is 24.8. The van der Waals surface area contributed by atoms with Gasteiger partial charge in [0, 0.05) is 13.0 Å². The highest BCUT2D eigenvalue weighted by Crippen LogP contribution is 2.38. The van der Waals surface area contributed by atoms with Crippen LogP contribution in [0.1, 0.15) is 168 Å². The van der Waals surface area contributed by atoms with Gasteiger partial charge in [-0.25, -0.2) is 0 Å². The normalized spacial score (nSPS) is 14.0. The lowest BCUT2D eigenvalue weighted by Crippen LogP contribution is -2.37. The third-order valence-corrected chi connectivity index (χ3v) is 9.12. The quantitative estimate of drug-likeness (QED) is 0.0288. The highest BCUT2D eigenvalue weighted by molar-refractivity contribution is 7.45. The molecule has 0 radical (unpaired) electrons. The molecule has 0 rings (SSSR count). The number of phosphoric ester groups is 1. The minimum atomic E-state index is -4.50. The van der Waals surface area contributed by atoms with Crippen LogP contribution >= 0.6 is 7.82 Å². The van der Waals surface area contributed by atoms with Gasteiger partial charge >= 0.3 is 5.97 Å². The van der Waals surface area contributed by atoms with Gasteiger partial charge in [-0.15, -0.1) is 0 Å². The van der Waals surface area contributed by atoms with E-state index in [0.29, 0.717) is 24.1 Å². The van der Waals surface area contributed by atoms with Gasteiger partial charge in [-0.2, -0.15) is 0 Å². The zero-order valence-corrected chi connectivity index (χ0v) is 31.2. The summed E-state index contributed by atoms with van der Waals surface area (Å²) >= 11 is 0. The fourth-order valence-electron chi connectivity index (χ4n) is 5.19. The molecule has 0 amide bonds. The van der Waals surface area contributed by atoms with Gasteiger partial charge in [-0.3, -0.25) is 9.36 Å². The Morgan fingerprint density at radius 3 is 1.47 bits per heavy atom. The zero-order valence-electron chi connectivity index (χ0n) is 30.3. The van der Waals surface area contributed by atoms with Crippen molar-refractivity contribution in [3.05, 3.63) is 0 Å². The van der Waals surface area contributed by atoms with Gasteiger partial charge in [0.1, 0.15) is 19.3 Å². The molecule has 0 heterocycles. The van der Waals surface area contributed by atoms with Gasteiger partial charge in [-0.05, 0) is 12.8 Å². The number of hydrogen-bond acceptors (Lipinski definition) is 7. The molecule has 2 unspecified atom stereocenters. The maximum atomic E-state index is 12.5. The van der Waals surface area contributed by atoms with Crippen LogP contribution in [0.3, 0.4) is 0 Å². The van der Waals surface area contributed by atoms with Crippen molar-refractivity contribution < 1.29 is 37.3 Å². The number of ether oxygens (including phenoxy) is 2. The number of hydrogen-bond donors (Lipinski definition) is 0. The van der Waals surface area contributed by atoms with Crippen LogP contribution < -0.4 is 4.89 Å². The number of carbonyl (C=O) groups is 1. The molecule has 0 spiro atoms. The first-order valence-electron chi connectivity index (χ1n) is 18.8. The fourth-order valence-corrected chi connectivity index (χ4v) is 5.92. The summed E-state index contributed by atoms with van der Waals surface area (Å²) in [5.41, 5.74) is 0. The number of likely N-dealkylation sites (N-methyl/N-ethyl adjacent to an activating group) is 1. The first kappa shape index (κ1) is 44.5. The van der Waals surface area contributed by atoms with E-state index in [4.69, 9.17) is 18.5 Å². The van der Waals surface area contributed by atoms with Gasteiger partial charge in [0.15, 0.2) is 0 Å². The number of carbonyl (C=O) groups excluding carboxylic acids is 1. The molecule has 45 heavy (non-hydrogen) atoms. The monoisotopic (exact) mass is 664 g/mol. The van der Waals surface area contributed by atoms with E-state index in [1.165, 1.54) is 116 Å². The summed E-state index contributed by atoms with van der Waals surface area (Å²) in [6.45, 7) is 5.42. The largest absolute Gasteiger partial charge is 0.756 e. The van der Waals surface area contributed by atoms with Crippen LogP contribution in [0.15, 0.2) is 0 Å². The Balaban J connectivity index is 4.27. The molecule has 270 valence electrons. The van der Waals surface area contributed by atoms with E-state index in [1.54, 1.807) is 0 Å². The second kappa shape index (κ2) is 30.8. The average molecular weight is 664 g/mol. The molecule has 9 heteroatoms. The molecule has 2 atom stereocenters. The van der Waals surface area contributed by atoms with E-state index < -0.39 is 13.9 Å². The third-order valence-electron chi connectivity index (χ3n) is 8.16. The smallest absolute Gasteiger partial charge is 0.306 e. The van der Waals surface area contributed by atoms with Gasteiger partial charge in [0.25, 0.3) is 7.82 Å². The summed E-state index contributed by atoms with van der Waals surface area (Å²) in [5, 5.41) is 0. The molecule has 0 N–H and O–H groups in total. The Bertz CT molecular complexity index is 701. The lowest BCUT2D eigenvalue weighted by Gasteiger charge is -2.28. The maximum Gasteiger partial charge on any atom is 0.306 e. The maximum absolute atomic E-state index is 12.5. The number of esters is 1. The van der Waals surface area contributed by atoms with Crippen LogP contribution in [0, 0.1) is 0 Å². The second-order valence-electron chi connectivity index (χ2n) is 14.0. The number of quaternary nitrogens is 1. The standard InChI is InChI=1S/C36H74NO7P/c1-6-8-10-12-14-16-18-19-20-22-24-26-28-31-41-33-35(34-43-45(39,40)42-32-30-37(3,4)5)44-36(38)29-27-25-23-21-17-15-13-11-9-7-2/h35H,6-34H2,1-5H3. The highest BCUT2D eigenvalue weighted by atomic mass is 31.2. The molecule has 0 aromatic carbocycles. The molecule has 0 saturated carbocycles. The molecular formula is C36H74NO7P. The zero-order chi connectivity index (χ0) is 33.5. The molecule has 8 nitrogen and oxygen atoms in total. The summed E-state index contributed by atoms with van der Waals surface area (Å²) in [7, 11) is 1.37. The van der Waals surface area contributed by atoms with Crippen LogP contribution in [0.4, 0.5) is 0 Å². The molecule has 0 aliphatic rings. The molecule has 0 aromatic rings. The molecule has 0 saturated heterocycles. The van der Waals surface area contributed by atoms with E-state index >= 15 is 0 Å². The van der Waals surface area contributed by atoms with E-state index in [-0.39, 0.29) is 25.8 Å². The Morgan fingerprint density at radius 2 is 1.02 bits per heavy atom. The minimum Gasteiger partial charge on any atom is -0.756 e. The number of nitrogens with zero attached hydrogens (tertiary/aromatic N) is 1. The topological polar surface area (TPSA) is 94.1 Å². The summed E-state index contributed by atoms with van der Waals surface area (Å²) < 4.78 is 34.4. The van der Waals surface area contributed by atoms with E-state index in [2.05, 4.69) is 13.8 Å². The Hall–Kier alpha value is -0.500. The van der Waals surface area contributed by atoms with Crippen LogP contribution in [0.5, 0.6) is 0 Å². The summed E-state index contributed by atoms with van der Waals surface area (Å²) in [5.74, 6) is -0.334.